The summed E-state index contributed by atoms with van der Waals surface area (Å²) in [6, 6.07) is 5.71. The third kappa shape index (κ3) is 1.51. The molecular weight excluding hydrogens is 191 g/mol. The third-order valence-electron chi connectivity index (χ3n) is 3.39. The Kier molecular flexibility index (Phi) is 2.13. The van der Waals surface area contributed by atoms with Gasteiger partial charge in [-0.1, -0.05) is 6.07 Å². The van der Waals surface area contributed by atoms with Crippen molar-refractivity contribution < 1.29 is 4.39 Å². The molecule has 15 heavy (non-hydrogen) atoms. The first-order valence-electron chi connectivity index (χ1n) is 5.60. The molecular formula is C12H15FN2. The molecule has 2 aliphatic heterocycles. The summed E-state index contributed by atoms with van der Waals surface area (Å²) in [5.41, 5.74) is 2.41. The van der Waals surface area contributed by atoms with Gasteiger partial charge in [-0.2, -0.15) is 0 Å². The van der Waals surface area contributed by atoms with Crippen LogP contribution in [-0.4, -0.2) is 25.7 Å². The number of anilines is 1. The van der Waals surface area contributed by atoms with Crippen LogP contribution in [0.3, 0.4) is 0 Å². The SMILES string of the molecule is Fc1ccc2c(c1)N1CCCNCC1C2. The van der Waals surface area contributed by atoms with Crippen molar-refractivity contribution in [3.05, 3.63) is 29.6 Å². The monoisotopic (exact) mass is 206 g/mol. The maximum absolute atomic E-state index is 13.2. The summed E-state index contributed by atoms with van der Waals surface area (Å²) < 4.78 is 13.2. The van der Waals surface area contributed by atoms with E-state index in [1.54, 1.807) is 12.1 Å². The van der Waals surface area contributed by atoms with Gasteiger partial charge < -0.3 is 10.2 Å². The molecule has 1 atom stereocenters. The summed E-state index contributed by atoms with van der Waals surface area (Å²) in [6.45, 7) is 3.15. The molecule has 2 nitrogen and oxygen atoms in total. The molecule has 1 fully saturated rings. The second kappa shape index (κ2) is 3.49. The van der Waals surface area contributed by atoms with E-state index in [4.69, 9.17) is 0 Å². The van der Waals surface area contributed by atoms with E-state index in [0.29, 0.717) is 6.04 Å². The molecule has 0 radical (unpaired) electrons. The molecule has 0 aromatic heterocycles. The Morgan fingerprint density at radius 2 is 2.33 bits per heavy atom. The molecule has 1 unspecified atom stereocenters. The fraction of sp³-hybridized carbons (Fsp3) is 0.500. The Morgan fingerprint density at radius 1 is 1.40 bits per heavy atom. The molecule has 0 amide bonds. The second-order valence-electron chi connectivity index (χ2n) is 4.38. The minimum Gasteiger partial charge on any atom is -0.367 e. The van der Waals surface area contributed by atoms with Gasteiger partial charge in [0.05, 0.1) is 0 Å². The Balaban J connectivity index is 1.98. The zero-order valence-corrected chi connectivity index (χ0v) is 8.67. The Morgan fingerprint density at radius 3 is 3.27 bits per heavy atom. The molecule has 1 saturated heterocycles. The van der Waals surface area contributed by atoms with Crippen molar-refractivity contribution in [3.8, 4) is 0 Å². The predicted molar refractivity (Wildman–Crippen MR) is 58.7 cm³/mol. The molecule has 3 heteroatoms. The maximum atomic E-state index is 13.2. The summed E-state index contributed by atoms with van der Waals surface area (Å²) in [5.74, 6) is -0.119. The van der Waals surface area contributed by atoms with Crippen LogP contribution < -0.4 is 10.2 Å². The highest BCUT2D eigenvalue weighted by molar-refractivity contribution is 5.59. The molecule has 80 valence electrons. The average Bonchev–Trinajstić information content (AvgIpc) is 2.44. The first-order chi connectivity index (χ1) is 7.34. The minimum absolute atomic E-state index is 0.119. The lowest BCUT2D eigenvalue weighted by molar-refractivity contribution is 0.611. The molecule has 0 aliphatic carbocycles. The molecule has 0 spiro atoms. The lowest BCUT2D eigenvalue weighted by atomic mass is 10.1. The maximum Gasteiger partial charge on any atom is 0.125 e. The first-order valence-corrected chi connectivity index (χ1v) is 5.60. The number of nitrogens with zero attached hydrogens (tertiary/aromatic N) is 1. The number of rotatable bonds is 0. The number of hydrogen-bond acceptors (Lipinski definition) is 2. The highest BCUT2D eigenvalue weighted by Gasteiger charge is 2.29. The van der Waals surface area contributed by atoms with Crippen LogP contribution in [0.25, 0.3) is 0 Å². The van der Waals surface area contributed by atoms with Gasteiger partial charge in [0.25, 0.3) is 0 Å². The first kappa shape index (κ1) is 9.16. The van der Waals surface area contributed by atoms with Crippen LogP contribution in [0.4, 0.5) is 10.1 Å². The van der Waals surface area contributed by atoms with Gasteiger partial charge in [-0.05, 0) is 37.1 Å². The van der Waals surface area contributed by atoms with Gasteiger partial charge in [0.1, 0.15) is 5.82 Å². The van der Waals surface area contributed by atoms with Crippen LogP contribution in [0, 0.1) is 5.82 Å². The molecule has 1 aromatic carbocycles. The van der Waals surface area contributed by atoms with Gasteiger partial charge in [-0.3, -0.25) is 0 Å². The molecule has 1 N–H and O–H groups in total. The standard InChI is InChI=1S/C12H15FN2/c13-10-3-2-9-6-11-8-14-4-1-5-15(11)12(9)7-10/h2-3,7,11,14H,1,4-6,8H2. The van der Waals surface area contributed by atoms with Crippen LogP contribution in [0.5, 0.6) is 0 Å². The van der Waals surface area contributed by atoms with Crippen molar-refractivity contribution in [2.45, 2.75) is 18.9 Å². The van der Waals surface area contributed by atoms with E-state index in [1.165, 1.54) is 5.56 Å². The highest BCUT2D eigenvalue weighted by atomic mass is 19.1. The number of hydrogen-bond donors (Lipinski definition) is 1. The molecule has 0 bridgehead atoms. The molecule has 1 aromatic rings. The van der Waals surface area contributed by atoms with E-state index in [2.05, 4.69) is 10.2 Å². The normalized spacial score (nSPS) is 24.6. The number of fused-ring (bicyclic) bond motifs is 3. The van der Waals surface area contributed by atoms with Crippen molar-refractivity contribution in [1.29, 1.82) is 0 Å². The summed E-state index contributed by atoms with van der Waals surface area (Å²) in [4.78, 5) is 2.36. The van der Waals surface area contributed by atoms with Gasteiger partial charge in [0.2, 0.25) is 0 Å². The van der Waals surface area contributed by atoms with E-state index in [0.717, 1.165) is 38.2 Å². The zero-order valence-electron chi connectivity index (χ0n) is 8.67. The van der Waals surface area contributed by atoms with E-state index in [9.17, 15) is 4.39 Å². The largest absolute Gasteiger partial charge is 0.367 e. The quantitative estimate of drug-likeness (QED) is 0.693. The van der Waals surface area contributed by atoms with Gasteiger partial charge in [-0.25, -0.2) is 4.39 Å². The Labute approximate surface area is 89.1 Å². The van der Waals surface area contributed by atoms with Gasteiger partial charge in [0.15, 0.2) is 0 Å². The van der Waals surface area contributed by atoms with Crippen molar-refractivity contribution in [3.63, 3.8) is 0 Å². The van der Waals surface area contributed by atoms with Gasteiger partial charge in [-0.15, -0.1) is 0 Å². The van der Waals surface area contributed by atoms with Crippen LogP contribution in [0.1, 0.15) is 12.0 Å². The van der Waals surface area contributed by atoms with Crippen LogP contribution in [0.2, 0.25) is 0 Å². The number of benzene rings is 1. The van der Waals surface area contributed by atoms with Crippen LogP contribution in [0.15, 0.2) is 18.2 Å². The van der Waals surface area contributed by atoms with Crippen molar-refractivity contribution >= 4 is 5.69 Å². The van der Waals surface area contributed by atoms with Gasteiger partial charge in [0, 0.05) is 24.8 Å². The summed E-state index contributed by atoms with van der Waals surface area (Å²) in [6.07, 6.45) is 2.20. The second-order valence-corrected chi connectivity index (χ2v) is 4.38. The van der Waals surface area contributed by atoms with Gasteiger partial charge >= 0.3 is 0 Å². The molecule has 3 rings (SSSR count). The topological polar surface area (TPSA) is 15.3 Å². The lowest BCUT2D eigenvalue weighted by Gasteiger charge is -2.24. The van der Waals surface area contributed by atoms with E-state index in [1.807, 2.05) is 6.07 Å². The van der Waals surface area contributed by atoms with E-state index >= 15 is 0 Å². The average molecular weight is 206 g/mol. The third-order valence-corrected chi connectivity index (χ3v) is 3.39. The van der Waals surface area contributed by atoms with Crippen LogP contribution >= 0.6 is 0 Å². The fourth-order valence-electron chi connectivity index (χ4n) is 2.67. The van der Waals surface area contributed by atoms with Crippen molar-refractivity contribution in [1.82, 2.24) is 5.32 Å². The highest BCUT2D eigenvalue weighted by Crippen LogP contribution is 2.33. The van der Waals surface area contributed by atoms with E-state index < -0.39 is 0 Å². The molecule has 0 saturated carbocycles. The summed E-state index contributed by atoms with van der Waals surface area (Å²) in [5, 5.41) is 3.43. The summed E-state index contributed by atoms with van der Waals surface area (Å²) in [7, 11) is 0. The fourth-order valence-corrected chi connectivity index (χ4v) is 2.67. The predicted octanol–water partition coefficient (Wildman–Crippen LogP) is 1.55. The number of nitrogens with one attached hydrogen (secondary N) is 1. The smallest absolute Gasteiger partial charge is 0.125 e. The lowest BCUT2D eigenvalue weighted by Crippen LogP contribution is -2.36. The van der Waals surface area contributed by atoms with Crippen molar-refractivity contribution in [2.24, 2.45) is 0 Å². The number of halogens is 1. The van der Waals surface area contributed by atoms with E-state index in [-0.39, 0.29) is 5.82 Å². The van der Waals surface area contributed by atoms with Crippen molar-refractivity contribution in [2.75, 3.05) is 24.5 Å². The summed E-state index contributed by atoms with van der Waals surface area (Å²) >= 11 is 0. The van der Waals surface area contributed by atoms with Crippen LogP contribution in [-0.2, 0) is 6.42 Å². The molecule has 2 heterocycles. The Bertz CT molecular complexity index is 378. The minimum atomic E-state index is -0.119. The Hall–Kier alpha value is -1.09. The zero-order chi connectivity index (χ0) is 10.3. The molecule has 2 aliphatic rings.